The molecule has 1 aromatic heterocycles. The Bertz CT molecular complexity index is 1040. The van der Waals surface area contributed by atoms with Gasteiger partial charge in [-0.05, 0) is 29.5 Å². The third-order valence-corrected chi connectivity index (χ3v) is 5.73. The lowest BCUT2D eigenvalue weighted by Gasteiger charge is -2.42. The lowest BCUT2D eigenvalue weighted by atomic mass is 9.68. The molecule has 0 fully saturated rings. The predicted octanol–water partition coefficient (Wildman–Crippen LogP) is 3.51. The molecule has 2 aliphatic rings. The van der Waals surface area contributed by atoms with Crippen molar-refractivity contribution in [2.75, 3.05) is 4.90 Å². The minimum absolute atomic E-state index is 0.0314. The van der Waals surface area contributed by atoms with Crippen LogP contribution in [0.1, 0.15) is 38.2 Å². The Morgan fingerprint density at radius 1 is 1.32 bits per heavy atom. The summed E-state index contributed by atoms with van der Waals surface area (Å²) in [6, 6.07) is 9.88. The first-order chi connectivity index (χ1) is 13.3. The van der Waals surface area contributed by atoms with Gasteiger partial charge in [0.25, 0.3) is 0 Å². The Labute approximate surface area is 171 Å². The molecule has 0 amide bonds. The molecule has 3 N–H and O–H groups in total. The lowest BCUT2D eigenvalue weighted by molar-refractivity contribution is -0.118. The van der Waals surface area contributed by atoms with Crippen LogP contribution in [0.4, 0.5) is 5.95 Å². The number of Topliss-reactive ketones (excluding diaryl/α,β-unsaturated/α-hetero) is 1. The summed E-state index contributed by atoms with van der Waals surface area (Å²) in [5.74, 6) is 0.216. The molecule has 142 valence electrons. The topological polar surface area (TPSA) is 112 Å². The zero-order valence-corrected chi connectivity index (χ0v) is 17.1. The number of benzene rings is 1. The second-order valence-electron chi connectivity index (χ2n) is 7.84. The van der Waals surface area contributed by atoms with Gasteiger partial charge in [-0.1, -0.05) is 41.9 Å². The number of nitrogens with two attached hydrogens (primary N) is 1. The van der Waals surface area contributed by atoms with E-state index in [0.717, 1.165) is 15.7 Å². The first-order valence-corrected chi connectivity index (χ1v) is 9.68. The molecule has 7 nitrogen and oxygen atoms in total. The molecule has 0 bridgehead atoms. The number of ketones is 1. The molecule has 28 heavy (non-hydrogen) atoms. The smallest absolute Gasteiger partial charge is 0.231 e. The predicted molar refractivity (Wildman–Crippen MR) is 108 cm³/mol. The molecule has 2 heterocycles. The number of hydrogen-bond donors (Lipinski definition) is 2. The average molecular weight is 439 g/mol. The van der Waals surface area contributed by atoms with Crippen molar-refractivity contribution in [3.8, 4) is 6.07 Å². The number of nitriles is 1. The first-order valence-electron chi connectivity index (χ1n) is 8.89. The summed E-state index contributed by atoms with van der Waals surface area (Å²) in [7, 11) is 0. The Hall–Kier alpha value is -2.92. The van der Waals surface area contributed by atoms with E-state index in [0.29, 0.717) is 29.9 Å². The van der Waals surface area contributed by atoms with Crippen molar-refractivity contribution in [1.82, 2.24) is 15.2 Å². The SMILES string of the molecule is CC1(C)CC(=O)C2=C(C1)N(c1ncn[nH]1)C(N)=C(C#N)[C@@H]2c1ccc(Br)cc1. The summed E-state index contributed by atoms with van der Waals surface area (Å²) >= 11 is 3.44. The van der Waals surface area contributed by atoms with Crippen molar-refractivity contribution in [3.63, 3.8) is 0 Å². The number of aromatic nitrogens is 3. The van der Waals surface area contributed by atoms with Crippen molar-refractivity contribution in [3.05, 3.63) is 63.3 Å². The molecule has 4 rings (SSSR count). The van der Waals surface area contributed by atoms with Crippen LogP contribution < -0.4 is 10.6 Å². The number of carbonyl (C=O) groups is 1. The summed E-state index contributed by atoms with van der Waals surface area (Å²) in [4.78, 5) is 19.2. The molecule has 2 aromatic rings. The van der Waals surface area contributed by atoms with Crippen LogP contribution in [0.2, 0.25) is 0 Å². The Balaban J connectivity index is 1.99. The van der Waals surface area contributed by atoms with Crippen LogP contribution in [0.5, 0.6) is 0 Å². The average Bonchev–Trinajstić information content (AvgIpc) is 3.14. The van der Waals surface area contributed by atoms with Crippen LogP contribution in [0, 0.1) is 16.7 Å². The van der Waals surface area contributed by atoms with Crippen LogP contribution in [0.25, 0.3) is 0 Å². The normalized spacial score (nSPS) is 21.6. The highest BCUT2D eigenvalue weighted by molar-refractivity contribution is 9.10. The Kier molecular flexibility index (Phi) is 4.35. The quantitative estimate of drug-likeness (QED) is 0.741. The number of aromatic amines is 1. The monoisotopic (exact) mass is 438 g/mol. The van der Waals surface area contributed by atoms with E-state index in [2.05, 4.69) is 51.0 Å². The number of carbonyl (C=O) groups excluding carboxylic acids is 1. The maximum atomic E-state index is 13.3. The van der Waals surface area contributed by atoms with E-state index in [9.17, 15) is 10.1 Å². The van der Waals surface area contributed by atoms with Gasteiger partial charge in [0, 0.05) is 22.2 Å². The maximum absolute atomic E-state index is 13.3. The Morgan fingerprint density at radius 3 is 2.64 bits per heavy atom. The molecule has 1 aliphatic heterocycles. The first kappa shape index (κ1) is 18.4. The zero-order chi connectivity index (χ0) is 20.1. The molecule has 0 spiro atoms. The number of allylic oxidation sites excluding steroid dienone is 3. The van der Waals surface area contributed by atoms with Crippen LogP contribution in [0.3, 0.4) is 0 Å². The van der Waals surface area contributed by atoms with E-state index in [4.69, 9.17) is 5.73 Å². The van der Waals surface area contributed by atoms with Gasteiger partial charge in [-0.15, -0.1) is 0 Å². The third-order valence-electron chi connectivity index (χ3n) is 5.20. The van der Waals surface area contributed by atoms with Crippen molar-refractivity contribution in [2.24, 2.45) is 11.1 Å². The highest BCUT2D eigenvalue weighted by atomic mass is 79.9. The third kappa shape index (κ3) is 2.92. The molecule has 8 heteroatoms. The van der Waals surface area contributed by atoms with E-state index < -0.39 is 5.92 Å². The van der Waals surface area contributed by atoms with E-state index in [1.807, 2.05) is 24.3 Å². The number of nitrogens with zero attached hydrogens (tertiary/aromatic N) is 4. The summed E-state index contributed by atoms with van der Waals surface area (Å²) in [6.07, 6.45) is 2.44. The zero-order valence-electron chi connectivity index (χ0n) is 15.5. The number of halogens is 1. The van der Waals surface area contributed by atoms with Gasteiger partial charge in [0.15, 0.2) is 5.78 Å². The van der Waals surface area contributed by atoms with Gasteiger partial charge in [-0.2, -0.15) is 15.3 Å². The number of nitrogens with one attached hydrogen (secondary N) is 1. The molecule has 1 aliphatic carbocycles. The van der Waals surface area contributed by atoms with Gasteiger partial charge in [0.2, 0.25) is 5.95 Å². The van der Waals surface area contributed by atoms with E-state index in [-0.39, 0.29) is 17.0 Å². The van der Waals surface area contributed by atoms with Crippen LogP contribution in [-0.4, -0.2) is 21.0 Å². The summed E-state index contributed by atoms with van der Waals surface area (Å²) in [5.41, 5.74) is 8.84. The van der Waals surface area contributed by atoms with Crippen LogP contribution in [-0.2, 0) is 4.79 Å². The number of hydrogen-bond acceptors (Lipinski definition) is 6. The van der Waals surface area contributed by atoms with Gasteiger partial charge in [0.1, 0.15) is 12.1 Å². The molecule has 0 saturated heterocycles. The summed E-state index contributed by atoms with van der Waals surface area (Å²) in [6.45, 7) is 4.11. The number of anilines is 1. The van der Waals surface area contributed by atoms with Crippen molar-refractivity contribution < 1.29 is 4.79 Å². The van der Waals surface area contributed by atoms with Crippen molar-refractivity contribution >= 4 is 27.7 Å². The highest BCUT2D eigenvalue weighted by Crippen LogP contribution is 2.49. The largest absolute Gasteiger partial charge is 0.384 e. The van der Waals surface area contributed by atoms with Crippen LogP contribution >= 0.6 is 15.9 Å². The summed E-state index contributed by atoms with van der Waals surface area (Å²) in [5, 5.41) is 16.7. The van der Waals surface area contributed by atoms with E-state index in [1.165, 1.54) is 6.33 Å². The van der Waals surface area contributed by atoms with E-state index >= 15 is 0 Å². The lowest BCUT2D eigenvalue weighted by Crippen LogP contribution is -2.42. The second-order valence-corrected chi connectivity index (χ2v) is 8.76. The minimum atomic E-state index is -0.490. The molecule has 1 atom stereocenters. The van der Waals surface area contributed by atoms with Crippen molar-refractivity contribution in [1.29, 1.82) is 5.26 Å². The number of rotatable bonds is 2. The van der Waals surface area contributed by atoms with Crippen molar-refractivity contribution in [2.45, 2.75) is 32.6 Å². The summed E-state index contributed by atoms with van der Waals surface area (Å²) < 4.78 is 0.927. The molecule has 0 unspecified atom stereocenters. The van der Waals surface area contributed by atoms with Gasteiger partial charge >= 0.3 is 0 Å². The maximum Gasteiger partial charge on any atom is 0.231 e. The molecule has 0 saturated carbocycles. The van der Waals surface area contributed by atoms with Crippen LogP contribution in [0.15, 0.2) is 57.7 Å². The molecular weight excluding hydrogens is 420 g/mol. The standard InChI is InChI=1S/C20H19BrN6O/c1-20(2)7-14-17(15(28)8-20)16(11-3-5-12(21)6-4-11)13(9-22)18(23)27(14)19-24-10-25-26-19/h3-6,10,16H,7-8,23H2,1-2H3,(H,24,25,26)/t16-/m0/s1. The molecular formula is C20H19BrN6O. The minimum Gasteiger partial charge on any atom is -0.384 e. The fraction of sp³-hybridized carbons (Fsp3) is 0.300. The fourth-order valence-corrected chi connectivity index (χ4v) is 4.31. The van der Waals surface area contributed by atoms with E-state index in [1.54, 1.807) is 4.90 Å². The van der Waals surface area contributed by atoms with Gasteiger partial charge < -0.3 is 5.73 Å². The number of H-pyrrole nitrogens is 1. The Morgan fingerprint density at radius 2 is 2.04 bits per heavy atom. The van der Waals surface area contributed by atoms with Gasteiger partial charge in [-0.3, -0.25) is 9.69 Å². The molecule has 0 radical (unpaired) electrons. The molecule has 1 aromatic carbocycles. The van der Waals surface area contributed by atoms with Gasteiger partial charge in [0.05, 0.1) is 17.6 Å². The highest BCUT2D eigenvalue weighted by Gasteiger charge is 2.45. The fourth-order valence-electron chi connectivity index (χ4n) is 4.05. The van der Waals surface area contributed by atoms with Gasteiger partial charge in [-0.25, -0.2) is 5.10 Å². The second kappa shape index (κ2) is 6.60.